The Bertz CT molecular complexity index is 793. The summed E-state index contributed by atoms with van der Waals surface area (Å²) in [6, 6.07) is 9.66. The van der Waals surface area contributed by atoms with Crippen molar-refractivity contribution < 1.29 is 9.90 Å². The van der Waals surface area contributed by atoms with E-state index in [4.69, 9.17) is 0 Å². The fourth-order valence-corrected chi connectivity index (χ4v) is 4.06. The second-order valence-electron chi connectivity index (χ2n) is 7.48. The van der Waals surface area contributed by atoms with Gasteiger partial charge in [0, 0.05) is 24.2 Å². The number of hydrogen-bond acceptors (Lipinski definition) is 3. The van der Waals surface area contributed by atoms with E-state index in [9.17, 15) is 9.90 Å². The number of carbonyl (C=O) groups excluding carboxylic acids is 1. The van der Waals surface area contributed by atoms with Crippen LogP contribution in [0.2, 0.25) is 0 Å². The molecule has 2 N–H and O–H groups in total. The van der Waals surface area contributed by atoms with E-state index in [1.54, 1.807) is 0 Å². The number of pyridine rings is 1. The zero-order chi connectivity index (χ0) is 17.4. The van der Waals surface area contributed by atoms with Crippen LogP contribution in [0.25, 0.3) is 10.9 Å². The number of carbonyl (C=O) groups is 1. The van der Waals surface area contributed by atoms with E-state index in [2.05, 4.69) is 10.3 Å². The summed E-state index contributed by atoms with van der Waals surface area (Å²) in [6.07, 6.45) is 4.85. The molecule has 0 radical (unpaired) electrons. The van der Waals surface area contributed by atoms with Gasteiger partial charge >= 0.3 is 6.03 Å². The fraction of sp³-hybridized carbons (Fsp3) is 0.500. The van der Waals surface area contributed by atoms with Gasteiger partial charge in [0.15, 0.2) is 0 Å². The maximum Gasteiger partial charge on any atom is 0.321 e. The minimum atomic E-state index is -0.561. The van der Waals surface area contributed by atoms with Crippen LogP contribution in [0.15, 0.2) is 30.3 Å². The number of amides is 2. The highest BCUT2D eigenvalue weighted by Crippen LogP contribution is 2.42. The smallest absolute Gasteiger partial charge is 0.321 e. The van der Waals surface area contributed by atoms with Crippen molar-refractivity contribution in [3.63, 3.8) is 0 Å². The minimum absolute atomic E-state index is 0.0913. The summed E-state index contributed by atoms with van der Waals surface area (Å²) in [5.74, 6) is 0.435. The molecule has 0 atom stereocenters. The Morgan fingerprint density at radius 1 is 1.28 bits per heavy atom. The molecule has 1 saturated heterocycles. The number of nitrogens with zero attached hydrogens (tertiary/aromatic N) is 2. The summed E-state index contributed by atoms with van der Waals surface area (Å²) in [5.41, 5.74) is 2.00. The van der Waals surface area contributed by atoms with Gasteiger partial charge in [-0.15, -0.1) is 0 Å². The van der Waals surface area contributed by atoms with Crippen LogP contribution in [-0.2, 0) is 0 Å². The number of nitrogens with one attached hydrogen (secondary N) is 1. The lowest BCUT2D eigenvalue weighted by Gasteiger charge is -2.46. The van der Waals surface area contributed by atoms with E-state index >= 15 is 0 Å². The third-order valence-corrected chi connectivity index (χ3v) is 5.87. The molecule has 0 unspecified atom stereocenters. The molecule has 1 aromatic heterocycles. The van der Waals surface area contributed by atoms with E-state index < -0.39 is 5.60 Å². The highest BCUT2D eigenvalue weighted by atomic mass is 16.3. The van der Waals surface area contributed by atoms with Crippen molar-refractivity contribution in [2.24, 2.45) is 5.92 Å². The fourth-order valence-electron chi connectivity index (χ4n) is 4.06. The van der Waals surface area contributed by atoms with Gasteiger partial charge in [-0.25, -0.2) is 4.79 Å². The maximum atomic E-state index is 12.7. The van der Waals surface area contributed by atoms with Gasteiger partial charge in [-0.3, -0.25) is 4.98 Å². The molecule has 25 heavy (non-hydrogen) atoms. The van der Waals surface area contributed by atoms with Gasteiger partial charge in [-0.2, -0.15) is 0 Å². The van der Waals surface area contributed by atoms with Gasteiger partial charge in [-0.1, -0.05) is 24.6 Å². The van der Waals surface area contributed by atoms with Crippen molar-refractivity contribution in [1.82, 2.24) is 9.88 Å². The average Bonchev–Trinajstić information content (AvgIpc) is 2.53. The summed E-state index contributed by atoms with van der Waals surface area (Å²) in [7, 11) is 0. The molecule has 0 bridgehead atoms. The first-order valence-electron chi connectivity index (χ1n) is 9.20. The third-order valence-electron chi connectivity index (χ3n) is 5.87. The molecule has 2 fully saturated rings. The monoisotopic (exact) mass is 339 g/mol. The molecule has 1 saturated carbocycles. The van der Waals surface area contributed by atoms with Gasteiger partial charge < -0.3 is 15.3 Å². The lowest BCUT2D eigenvalue weighted by molar-refractivity contribution is -0.0845. The molecule has 0 spiro atoms. The van der Waals surface area contributed by atoms with Crippen molar-refractivity contribution in [3.8, 4) is 0 Å². The standard InChI is InChI=1S/C20H25N3O2/c1-14-13-18(16-7-2-3-8-17(16)21-14)22-19(24)23-11-9-20(25,10-12-23)15-5-4-6-15/h2-3,7-8,13,15,25H,4-6,9-12H2,1H3,(H,21,22,24). The van der Waals surface area contributed by atoms with E-state index in [0.29, 0.717) is 31.8 Å². The molecule has 1 aliphatic heterocycles. The molecule has 2 heterocycles. The Kier molecular flexibility index (Phi) is 4.12. The van der Waals surface area contributed by atoms with E-state index in [1.165, 1.54) is 6.42 Å². The quantitative estimate of drug-likeness (QED) is 0.877. The van der Waals surface area contributed by atoms with E-state index in [0.717, 1.165) is 35.1 Å². The second-order valence-corrected chi connectivity index (χ2v) is 7.48. The normalized spacial score (nSPS) is 20.3. The maximum absolute atomic E-state index is 12.7. The third kappa shape index (κ3) is 3.09. The summed E-state index contributed by atoms with van der Waals surface area (Å²) >= 11 is 0. The van der Waals surface area contributed by atoms with Crippen LogP contribution in [0.3, 0.4) is 0 Å². The Labute approximate surface area is 148 Å². The summed E-state index contributed by atoms with van der Waals surface area (Å²) in [5, 5.41) is 14.8. The first-order chi connectivity index (χ1) is 12.0. The van der Waals surface area contributed by atoms with Gasteiger partial charge in [0.25, 0.3) is 0 Å². The number of aliphatic hydroxyl groups is 1. The number of hydrogen-bond donors (Lipinski definition) is 2. The number of benzene rings is 1. The topological polar surface area (TPSA) is 65.5 Å². The summed E-state index contributed by atoms with van der Waals surface area (Å²) in [6.45, 7) is 3.16. The van der Waals surface area contributed by atoms with Gasteiger partial charge in [-0.05, 0) is 50.7 Å². The van der Waals surface area contributed by atoms with Crippen LogP contribution < -0.4 is 5.32 Å². The number of aryl methyl sites for hydroxylation is 1. The summed E-state index contributed by atoms with van der Waals surface area (Å²) < 4.78 is 0. The largest absolute Gasteiger partial charge is 0.389 e. The van der Waals surface area contributed by atoms with Gasteiger partial charge in [0.1, 0.15) is 0 Å². The van der Waals surface area contributed by atoms with Crippen LogP contribution in [0.4, 0.5) is 10.5 Å². The molecule has 5 heteroatoms. The van der Waals surface area contributed by atoms with Crippen LogP contribution in [0, 0.1) is 12.8 Å². The van der Waals surface area contributed by atoms with Crippen LogP contribution in [0.5, 0.6) is 0 Å². The Balaban J connectivity index is 1.46. The van der Waals surface area contributed by atoms with Gasteiger partial charge in [0.05, 0.1) is 16.8 Å². The number of rotatable bonds is 2. The molecular weight excluding hydrogens is 314 g/mol. The molecule has 1 aromatic carbocycles. The molecule has 5 nitrogen and oxygen atoms in total. The van der Waals surface area contributed by atoms with Crippen molar-refractivity contribution in [2.45, 2.75) is 44.6 Å². The molecule has 2 amide bonds. The Morgan fingerprint density at radius 2 is 2.00 bits per heavy atom. The second kappa shape index (κ2) is 6.30. The lowest BCUT2D eigenvalue weighted by Crippen LogP contribution is -2.52. The number of anilines is 1. The van der Waals surface area contributed by atoms with Crippen molar-refractivity contribution in [1.29, 1.82) is 0 Å². The van der Waals surface area contributed by atoms with Crippen LogP contribution >= 0.6 is 0 Å². The first-order valence-corrected chi connectivity index (χ1v) is 9.20. The van der Waals surface area contributed by atoms with E-state index in [1.807, 2.05) is 42.2 Å². The number of likely N-dealkylation sites (tertiary alicyclic amines) is 1. The number of urea groups is 1. The Hall–Kier alpha value is -2.14. The van der Waals surface area contributed by atoms with Crippen LogP contribution in [-0.4, -0.2) is 39.7 Å². The number of para-hydroxylation sites is 1. The van der Waals surface area contributed by atoms with Crippen molar-refractivity contribution >= 4 is 22.6 Å². The zero-order valence-corrected chi connectivity index (χ0v) is 14.7. The first kappa shape index (κ1) is 16.3. The number of piperidine rings is 1. The molecular formula is C20H25N3O2. The SMILES string of the molecule is Cc1cc(NC(=O)N2CCC(O)(C3CCC3)CC2)c2ccccc2n1. The predicted molar refractivity (Wildman–Crippen MR) is 98.6 cm³/mol. The average molecular weight is 339 g/mol. The highest BCUT2D eigenvalue weighted by molar-refractivity contribution is 6.00. The van der Waals surface area contributed by atoms with Gasteiger partial charge in [0.2, 0.25) is 0 Å². The lowest BCUT2D eigenvalue weighted by atomic mass is 9.69. The Morgan fingerprint density at radius 3 is 2.68 bits per heavy atom. The molecule has 4 rings (SSSR count). The zero-order valence-electron chi connectivity index (χ0n) is 14.7. The minimum Gasteiger partial charge on any atom is -0.389 e. The van der Waals surface area contributed by atoms with E-state index in [-0.39, 0.29) is 6.03 Å². The highest BCUT2D eigenvalue weighted by Gasteiger charge is 2.42. The number of fused-ring (bicyclic) bond motifs is 1. The van der Waals surface area contributed by atoms with Crippen LogP contribution in [0.1, 0.15) is 37.8 Å². The predicted octanol–water partition coefficient (Wildman–Crippen LogP) is 3.70. The van der Waals surface area contributed by atoms with Crippen molar-refractivity contribution in [3.05, 3.63) is 36.0 Å². The number of aromatic nitrogens is 1. The molecule has 1 aliphatic carbocycles. The summed E-state index contributed by atoms with van der Waals surface area (Å²) in [4.78, 5) is 19.0. The molecule has 132 valence electrons. The molecule has 2 aromatic rings. The van der Waals surface area contributed by atoms with Crippen molar-refractivity contribution in [2.75, 3.05) is 18.4 Å². The molecule has 2 aliphatic rings.